The predicted octanol–water partition coefficient (Wildman–Crippen LogP) is 2.04. The largest absolute Gasteiger partial charge is 0.497 e. The Morgan fingerprint density at radius 2 is 2.27 bits per heavy atom. The van der Waals surface area contributed by atoms with Crippen molar-refractivity contribution >= 4 is 16.8 Å². The molecule has 0 spiro atoms. The van der Waals surface area contributed by atoms with E-state index < -0.39 is 0 Å². The zero-order valence-electron chi connectivity index (χ0n) is 15.5. The Morgan fingerprint density at radius 1 is 1.38 bits per heavy atom. The van der Waals surface area contributed by atoms with Crippen LogP contribution in [0.1, 0.15) is 18.9 Å². The van der Waals surface area contributed by atoms with Crippen molar-refractivity contribution in [1.29, 1.82) is 0 Å². The van der Waals surface area contributed by atoms with Gasteiger partial charge in [0.1, 0.15) is 5.75 Å². The number of hydrogen-bond donors (Lipinski definition) is 1. The lowest BCUT2D eigenvalue weighted by Crippen LogP contribution is -2.61. The van der Waals surface area contributed by atoms with Gasteiger partial charge in [0.25, 0.3) is 0 Å². The highest BCUT2D eigenvalue weighted by molar-refractivity contribution is 5.90. The number of fused-ring (bicyclic) bond motifs is 2. The van der Waals surface area contributed by atoms with Crippen molar-refractivity contribution in [3.63, 3.8) is 0 Å². The van der Waals surface area contributed by atoms with Crippen LogP contribution < -0.4 is 4.74 Å². The van der Waals surface area contributed by atoms with Gasteiger partial charge in [-0.15, -0.1) is 0 Å². The van der Waals surface area contributed by atoms with Gasteiger partial charge in [0.15, 0.2) is 0 Å². The van der Waals surface area contributed by atoms with E-state index in [-0.39, 0.29) is 18.1 Å². The van der Waals surface area contributed by atoms with E-state index in [0.29, 0.717) is 19.6 Å². The number of methoxy groups -OCH3 is 1. The van der Waals surface area contributed by atoms with E-state index in [9.17, 15) is 4.79 Å². The third-order valence-corrected chi connectivity index (χ3v) is 5.75. The minimum atomic E-state index is 0.171. The molecule has 0 bridgehead atoms. The van der Waals surface area contributed by atoms with Crippen LogP contribution in [0.25, 0.3) is 10.9 Å². The molecule has 26 heavy (non-hydrogen) atoms. The number of likely N-dealkylation sites (N-methyl/N-ethyl adjacent to an activating group) is 1. The van der Waals surface area contributed by atoms with Gasteiger partial charge in [0, 0.05) is 36.7 Å². The average molecular weight is 357 g/mol. The Hall–Kier alpha value is -2.05. The Bertz CT molecular complexity index is 788. The molecule has 2 atom stereocenters. The van der Waals surface area contributed by atoms with Crippen LogP contribution in [-0.4, -0.2) is 72.7 Å². The molecule has 2 saturated heterocycles. The highest BCUT2D eigenvalue weighted by Crippen LogP contribution is 2.27. The Morgan fingerprint density at radius 3 is 3.08 bits per heavy atom. The maximum atomic E-state index is 13.1. The van der Waals surface area contributed by atoms with Crippen LogP contribution in [0.5, 0.6) is 5.75 Å². The van der Waals surface area contributed by atoms with Crippen molar-refractivity contribution in [3.8, 4) is 5.75 Å². The predicted molar refractivity (Wildman–Crippen MR) is 101 cm³/mol. The number of nitrogens with one attached hydrogen (secondary N) is 1. The van der Waals surface area contributed by atoms with Crippen LogP contribution in [0.15, 0.2) is 24.4 Å². The number of aromatic amines is 1. The van der Waals surface area contributed by atoms with Crippen molar-refractivity contribution < 1.29 is 14.3 Å². The number of ether oxygens (including phenoxy) is 2. The van der Waals surface area contributed by atoms with Crippen LogP contribution in [0, 0.1) is 0 Å². The molecule has 1 aromatic heterocycles. The summed E-state index contributed by atoms with van der Waals surface area (Å²) in [7, 11) is 1.66. The van der Waals surface area contributed by atoms with Gasteiger partial charge in [-0.3, -0.25) is 4.79 Å². The molecule has 0 radical (unpaired) electrons. The van der Waals surface area contributed by atoms with Crippen LogP contribution in [0.2, 0.25) is 0 Å². The Labute approximate surface area is 154 Å². The van der Waals surface area contributed by atoms with E-state index in [1.165, 1.54) is 0 Å². The fraction of sp³-hybridized carbons (Fsp3) is 0.550. The van der Waals surface area contributed by atoms with Gasteiger partial charge in [-0.25, -0.2) is 0 Å². The second kappa shape index (κ2) is 7.29. The molecule has 1 amide bonds. The van der Waals surface area contributed by atoms with E-state index in [1.54, 1.807) is 7.11 Å². The van der Waals surface area contributed by atoms with Gasteiger partial charge in [0.2, 0.25) is 5.91 Å². The third-order valence-electron chi connectivity index (χ3n) is 5.75. The molecule has 0 aliphatic carbocycles. The van der Waals surface area contributed by atoms with Gasteiger partial charge in [-0.05, 0) is 36.7 Å². The molecule has 140 valence electrons. The van der Waals surface area contributed by atoms with Gasteiger partial charge < -0.3 is 24.3 Å². The third kappa shape index (κ3) is 3.19. The molecule has 1 aromatic carbocycles. The second-order valence-electron chi connectivity index (χ2n) is 7.15. The zero-order chi connectivity index (χ0) is 18.1. The molecule has 6 nitrogen and oxygen atoms in total. The summed E-state index contributed by atoms with van der Waals surface area (Å²) in [6.07, 6.45) is 3.53. The quantitative estimate of drug-likeness (QED) is 0.910. The fourth-order valence-corrected chi connectivity index (χ4v) is 4.23. The number of likely N-dealkylation sites (tertiary alicyclic amines) is 1. The van der Waals surface area contributed by atoms with Gasteiger partial charge in [-0.1, -0.05) is 6.92 Å². The fourth-order valence-electron chi connectivity index (χ4n) is 4.23. The standard InChI is InChI=1S/C20H27N3O3/c1-3-22-7-6-19-18(13-22)23(8-9-26-19)20(24)10-14-12-21-17-5-4-15(25-2)11-16(14)17/h4-5,11-12,18-19,21H,3,6-10,13H2,1-2H3/t18-,19+/m0/s1. The van der Waals surface area contributed by atoms with Crippen molar-refractivity contribution in [1.82, 2.24) is 14.8 Å². The summed E-state index contributed by atoms with van der Waals surface area (Å²) in [6, 6.07) is 6.09. The van der Waals surface area contributed by atoms with Gasteiger partial charge in [-0.2, -0.15) is 0 Å². The highest BCUT2D eigenvalue weighted by Gasteiger charge is 2.38. The van der Waals surface area contributed by atoms with Crippen molar-refractivity contribution in [3.05, 3.63) is 30.0 Å². The molecular formula is C20H27N3O3. The number of carbonyl (C=O) groups excluding carboxylic acids is 1. The Balaban J connectivity index is 1.53. The second-order valence-corrected chi connectivity index (χ2v) is 7.15. The SMILES string of the molecule is CCN1CC[C@H]2OCCN(C(=O)Cc3c[nH]c4ccc(OC)cc34)[C@H]2C1. The molecule has 4 rings (SSSR count). The van der Waals surface area contributed by atoms with Crippen molar-refractivity contribution in [2.24, 2.45) is 0 Å². The number of hydrogen-bond acceptors (Lipinski definition) is 4. The number of piperidine rings is 1. The number of rotatable bonds is 4. The van der Waals surface area contributed by atoms with E-state index in [0.717, 1.165) is 48.3 Å². The normalized spacial score (nSPS) is 23.8. The number of amides is 1. The van der Waals surface area contributed by atoms with E-state index in [2.05, 4.69) is 21.7 Å². The van der Waals surface area contributed by atoms with E-state index in [1.807, 2.05) is 24.4 Å². The minimum absolute atomic E-state index is 0.171. The summed E-state index contributed by atoms with van der Waals surface area (Å²) in [4.78, 5) is 20.8. The number of aromatic nitrogens is 1. The number of morpholine rings is 1. The molecule has 1 N–H and O–H groups in total. The summed E-state index contributed by atoms with van der Waals surface area (Å²) < 4.78 is 11.3. The summed E-state index contributed by atoms with van der Waals surface area (Å²) in [5.41, 5.74) is 2.05. The molecule has 2 aliphatic rings. The lowest BCUT2D eigenvalue weighted by Gasteiger charge is -2.47. The monoisotopic (exact) mass is 357 g/mol. The van der Waals surface area contributed by atoms with Crippen LogP contribution in [-0.2, 0) is 16.0 Å². The number of benzene rings is 1. The lowest BCUT2D eigenvalue weighted by atomic mass is 9.97. The number of nitrogens with zero attached hydrogens (tertiary/aromatic N) is 2. The van der Waals surface area contributed by atoms with Gasteiger partial charge >= 0.3 is 0 Å². The lowest BCUT2D eigenvalue weighted by molar-refractivity contribution is -0.151. The first kappa shape index (κ1) is 17.4. The first-order chi connectivity index (χ1) is 12.7. The summed E-state index contributed by atoms with van der Waals surface area (Å²) in [5.74, 6) is 0.994. The van der Waals surface area contributed by atoms with Gasteiger partial charge in [0.05, 0.1) is 32.3 Å². The molecule has 2 fully saturated rings. The smallest absolute Gasteiger partial charge is 0.227 e. The average Bonchev–Trinajstić information content (AvgIpc) is 3.08. The zero-order valence-corrected chi connectivity index (χ0v) is 15.5. The first-order valence-electron chi connectivity index (χ1n) is 9.47. The highest BCUT2D eigenvalue weighted by atomic mass is 16.5. The number of H-pyrrole nitrogens is 1. The topological polar surface area (TPSA) is 57.8 Å². The minimum Gasteiger partial charge on any atom is -0.497 e. The number of carbonyl (C=O) groups is 1. The molecule has 0 saturated carbocycles. The molecule has 0 unspecified atom stereocenters. The van der Waals surface area contributed by atoms with Crippen molar-refractivity contribution in [2.75, 3.05) is 39.9 Å². The molecular weight excluding hydrogens is 330 g/mol. The first-order valence-corrected chi connectivity index (χ1v) is 9.47. The molecule has 6 heteroatoms. The summed E-state index contributed by atoms with van der Waals surface area (Å²) in [5, 5.41) is 1.06. The Kier molecular flexibility index (Phi) is 4.87. The van der Waals surface area contributed by atoms with Crippen LogP contribution in [0.3, 0.4) is 0 Å². The van der Waals surface area contributed by atoms with E-state index >= 15 is 0 Å². The summed E-state index contributed by atoms with van der Waals surface area (Å²) >= 11 is 0. The summed E-state index contributed by atoms with van der Waals surface area (Å²) in [6.45, 7) is 6.49. The maximum absolute atomic E-state index is 13.1. The molecule has 2 aromatic rings. The van der Waals surface area contributed by atoms with Crippen LogP contribution >= 0.6 is 0 Å². The molecule has 3 heterocycles. The molecule has 2 aliphatic heterocycles. The van der Waals surface area contributed by atoms with E-state index in [4.69, 9.17) is 9.47 Å². The maximum Gasteiger partial charge on any atom is 0.227 e. The van der Waals surface area contributed by atoms with Crippen LogP contribution in [0.4, 0.5) is 0 Å². The van der Waals surface area contributed by atoms with Crippen molar-refractivity contribution in [2.45, 2.75) is 31.9 Å².